The summed E-state index contributed by atoms with van der Waals surface area (Å²) in [5.74, 6) is -0.842. The maximum Gasteiger partial charge on any atom is 0.310 e. The van der Waals surface area contributed by atoms with Gasteiger partial charge in [-0.2, -0.15) is 0 Å². The van der Waals surface area contributed by atoms with Crippen molar-refractivity contribution in [1.82, 2.24) is 10.6 Å². The van der Waals surface area contributed by atoms with Crippen molar-refractivity contribution in [3.63, 3.8) is 0 Å². The zero-order valence-electron chi connectivity index (χ0n) is 14.9. The second kappa shape index (κ2) is 10.8. The summed E-state index contributed by atoms with van der Waals surface area (Å²) < 4.78 is 5.04. The van der Waals surface area contributed by atoms with Crippen molar-refractivity contribution in [2.24, 2.45) is 0 Å². The lowest BCUT2D eigenvalue weighted by molar-refractivity contribution is -0.147. The Morgan fingerprint density at radius 2 is 1.70 bits per heavy atom. The molecule has 3 N–H and O–H groups in total. The summed E-state index contributed by atoms with van der Waals surface area (Å²) in [6, 6.07) is 12.4. The highest BCUT2D eigenvalue weighted by Crippen LogP contribution is 2.33. The number of ether oxygens (including phenoxy) is 1. The number of likely N-dealkylation sites (N-methyl/N-ethyl adjacent to an activating group) is 1. The van der Waals surface area contributed by atoms with Crippen LogP contribution in [-0.2, 0) is 20.7 Å². The minimum atomic E-state index is -0.502. The second-order valence-electron chi connectivity index (χ2n) is 5.67. The van der Waals surface area contributed by atoms with Gasteiger partial charge in [-0.15, -0.1) is 0 Å². The summed E-state index contributed by atoms with van der Waals surface area (Å²) in [6.07, 6.45) is 0.00897. The first-order chi connectivity index (χ1) is 13.0. The number of carbonyl (C=O) groups is 2. The Balaban J connectivity index is 1.97. The van der Waals surface area contributed by atoms with Gasteiger partial charge < -0.3 is 20.7 Å². The van der Waals surface area contributed by atoms with Crippen LogP contribution in [0.15, 0.2) is 42.5 Å². The second-order valence-corrected chi connectivity index (χ2v) is 6.48. The molecule has 0 fully saturated rings. The number of benzene rings is 2. The fourth-order valence-corrected chi connectivity index (χ4v) is 2.77. The smallest absolute Gasteiger partial charge is 0.310 e. The molecule has 2 rings (SSSR count). The minimum absolute atomic E-state index is 0.00897. The Bertz CT molecular complexity index is 779. The third-order valence-electron chi connectivity index (χ3n) is 3.64. The molecule has 0 aliphatic rings. The van der Waals surface area contributed by atoms with Crippen LogP contribution in [-0.4, -0.2) is 38.6 Å². The van der Waals surface area contributed by atoms with Gasteiger partial charge in [0.2, 0.25) is 0 Å². The molecule has 0 bridgehead atoms. The summed E-state index contributed by atoms with van der Waals surface area (Å²) in [5, 5.41) is 9.64. The topological polar surface area (TPSA) is 79.5 Å². The van der Waals surface area contributed by atoms with E-state index < -0.39 is 5.97 Å². The average molecular weight is 410 g/mol. The van der Waals surface area contributed by atoms with Crippen LogP contribution >= 0.6 is 23.2 Å². The Hall–Kier alpha value is -2.28. The quantitative estimate of drug-likeness (QED) is 0.437. The Kier molecular flexibility index (Phi) is 8.39. The standard InChI is InChI=1S/C19H21Cl2N3O3/c1-22-9-10-23-17(25)12-27-18(26)11-13-5-2-3-8-16(13)24-19-14(20)6-4-7-15(19)21/h2-8,22,24H,9-12H2,1H3,(H,23,25). The van der Waals surface area contributed by atoms with Crippen LogP contribution < -0.4 is 16.0 Å². The van der Waals surface area contributed by atoms with Crippen LogP contribution in [0.2, 0.25) is 10.0 Å². The third-order valence-corrected chi connectivity index (χ3v) is 4.27. The number of para-hydroxylation sites is 2. The Labute approximate surface area is 168 Å². The van der Waals surface area contributed by atoms with Crippen molar-refractivity contribution in [1.29, 1.82) is 0 Å². The number of esters is 1. The zero-order chi connectivity index (χ0) is 19.6. The lowest BCUT2D eigenvalue weighted by atomic mass is 10.1. The molecule has 6 nitrogen and oxygen atoms in total. The Morgan fingerprint density at radius 3 is 2.41 bits per heavy atom. The lowest BCUT2D eigenvalue weighted by Crippen LogP contribution is -2.33. The largest absolute Gasteiger partial charge is 0.455 e. The van der Waals surface area contributed by atoms with E-state index >= 15 is 0 Å². The maximum absolute atomic E-state index is 12.1. The lowest BCUT2D eigenvalue weighted by Gasteiger charge is -2.14. The van der Waals surface area contributed by atoms with Gasteiger partial charge in [-0.3, -0.25) is 9.59 Å². The first-order valence-corrected chi connectivity index (χ1v) is 9.12. The predicted molar refractivity (Wildman–Crippen MR) is 108 cm³/mol. The van der Waals surface area contributed by atoms with Crippen molar-refractivity contribution < 1.29 is 14.3 Å². The van der Waals surface area contributed by atoms with E-state index in [-0.39, 0.29) is 18.9 Å². The molecule has 27 heavy (non-hydrogen) atoms. The van der Waals surface area contributed by atoms with Crippen LogP contribution in [0.3, 0.4) is 0 Å². The zero-order valence-corrected chi connectivity index (χ0v) is 16.4. The number of carbonyl (C=O) groups excluding carboxylic acids is 2. The van der Waals surface area contributed by atoms with E-state index in [2.05, 4.69) is 16.0 Å². The van der Waals surface area contributed by atoms with Gasteiger partial charge >= 0.3 is 5.97 Å². The first-order valence-electron chi connectivity index (χ1n) is 8.37. The number of nitrogens with one attached hydrogen (secondary N) is 3. The molecular weight excluding hydrogens is 389 g/mol. The van der Waals surface area contributed by atoms with Gasteiger partial charge in [-0.25, -0.2) is 0 Å². The minimum Gasteiger partial charge on any atom is -0.455 e. The molecule has 8 heteroatoms. The molecule has 0 radical (unpaired) electrons. The molecule has 0 aliphatic carbocycles. The van der Waals surface area contributed by atoms with Crippen molar-refractivity contribution in [2.75, 3.05) is 32.1 Å². The number of rotatable bonds is 9. The van der Waals surface area contributed by atoms with Gasteiger partial charge in [-0.1, -0.05) is 47.5 Å². The highest BCUT2D eigenvalue weighted by atomic mass is 35.5. The van der Waals surface area contributed by atoms with E-state index in [1.54, 1.807) is 31.3 Å². The number of halogens is 2. The van der Waals surface area contributed by atoms with E-state index in [4.69, 9.17) is 27.9 Å². The number of hydrogen-bond donors (Lipinski definition) is 3. The molecule has 0 heterocycles. The molecule has 1 amide bonds. The van der Waals surface area contributed by atoms with Crippen molar-refractivity contribution in [2.45, 2.75) is 6.42 Å². The monoisotopic (exact) mass is 409 g/mol. The molecule has 0 atom stereocenters. The van der Waals surface area contributed by atoms with Crippen molar-refractivity contribution in [3.8, 4) is 0 Å². The van der Waals surface area contributed by atoms with Crippen LogP contribution in [0.1, 0.15) is 5.56 Å². The van der Waals surface area contributed by atoms with Crippen LogP contribution in [0, 0.1) is 0 Å². The molecule has 144 valence electrons. The van der Waals surface area contributed by atoms with Gasteiger partial charge in [0.25, 0.3) is 5.91 Å². The van der Waals surface area contributed by atoms with Gasteiger partial charge in [0, 0.05) is 18.8 Å². The predicted octanol–water partition coefficient (Wildman–Crippen LogP) is 3.16. The van der Waals surface area contributed by atoms with Gasteiger partial charge in [-0.05, 0) is 30.8 Å². The van der Waals surface area contributed by atoms with Gasteiger partial charge in [0.05, 0.1) is 22.2 Å². The highest BCUT2D eigenvalue weighted by molar-refractivity contribution is 6.39. The van der Waals surface area contributed by atoms with Crippen molar-refractivity contribution >= 4 is 46.5 Å². The van der Waals surface area contributed by atoms with E-state index in [1.807, 2.05) is 18.2 Å². The number of anilines is 2. The van der Waals surface area contributed by atoms with Gasteiger partial charge in [0.15, 0.2) is 6.61 Å². The highest BCUT2D eigenvalue weighted by Gasteiger charge is 2.13. The summed E-state index contributed by atoms with van der Waals surface area (Å²) in [6.45, 7) is 0.802. The maximum atomic E-state index is 12.1. The molecule has 0 unspecified atom stereocenters. The van der Waals surface area contributed by atoms with Crippen LogP contribution in [0.25, 0.3) is 0 Å². The fourth-order valence-electron chi connectivity index (χ4n) is 2.28. The number of hydrogen-bond acceptors (Lipinski definition) is 5. The summed E-state index contributed by atoms with van der Waals surface area (Å²) >= 11 is 12.4. The van der Waals surface area contributed by atoms with Crippen molar-refractivity contribution in [3.05, 3.63) is 58.1 Å². The van der Waals surface area contributed by atoms with Crippen LogP contribution in [0.5, 0.6) is 0 Å². The fraction of sp³-hybridized carbons (Fsp3) is 0.263. The molecule has 0 saturated heterocycles. The summed E-state index contributed by atoms with van der Waals surface area (Å²) in [5.41, 5.74) is 1.95. The molecule has 2 aromatic rings. The molecule has 0 saturated carbocycles. The van der Waals surface area contributed by atoms with E-state index in [0.29, 0.717) is 40.1 Å². The van der Waals surface area contributed by atoms with E-state index in [0.717, 1.165) is 0 Å². The molecular formula is C19H21Cl2N3O3. The van der Waals surface area contributed by atoms with Crippen LogP contribution in [0.4, 0.5) is 11.4 Å². The first kappa shape index (κ1) is 21.0. The average Bonchev–Trinajstić information content (AvgIpc) is 2.65. The van der Waals surface area contributed by atoms with E-state index in [9.17, 15) is 9.59 Å². The number of amides is 1. The summed E-state index contributed by atoms with van der Waals surface area (Å²) in [7, 11) is 1.79. The molecule has 0 aromatic heterocycles. The molecule has 0 aliphatic heterocycles. The Morgan fingerprint density at radius 1 is 1.00 bits per heavy atom. The van der Waals surface area contributed by atoms with Gasteiger partial charge in [0.1, 0.15) is 0 Å². The molecule has 2 aromatic carbocycles. The summed E-state index contributed by atoms with van der Waals surface area (Å²) in [4.78, 5) is 23.7. The molecule has 0 spiro atoms. The normalized spacial score (nSPS) is 10.3. The van der Waals surface area contributed by atoms with E-state index in [1.165, 1.54) is 0 Å². The third kappa shape index (κ3) is 6.75. The SMILES string of the molecule is CNCCNC(=O)COC(=O)Cc1ccccc1Nc1c(Cl)cccc1Cl.